The zero-order chi connectivity index (χ0) is 19.5. The number of piperidine rings is 1. The van der Waals surface area contributed by atoms with Crippen LogP contribution in [0.15, 0.2) is 18.2 Å². The summed E-state index contributed by atoms with van der Waals surface area (Å²) >= 11 is 11.9. The van der Waals surface area contributed by atoms with Gasteiger partial charge in [-0.15, -0.1) is 0 Å². The highest BCUT2D eigenvalue weighted by Gasteiger charge is 2.34. The van der Waals surface area contributed by atoms with Crippen molar-refractivity contribution in [1.82, 2.24) is 10.2 Å². The number of rotatable bonds is 3. The van der Waals surface area contributed by atoms with Crippen LogP contribution in [0.4, 0.5) is 4.79 Å². The van der Waals surface area contributed by atoms with E-state index in [4.69, 9.17) is 27.9 Å². The highest BCUT2D eigenvalue weighted by molar-refractivity contribution is 6.42. The van der Waals surface area contributed by atoms with Crippen LogP contribution in [-0.2, 0) is 16.0 Å². The van der Waals surface area contributed by atoms with Crippen LogP contribution in [0.5, 0.6) is 0 Å². The van der Waals surface area contributed by atoms with Gasteiger partial charge >= 0.3 is 6.09 Å². The molecule has 2 amide bonds. The van der Waals surface area contributed by atoms with E-state index in [2.05, 4.69) is 5.32 Å². The number of hydrogen-bond donors (Lipinski definition) is 1. The molecule has 0 aromatic heterocycles. The third kappa shape index (κ3) is 6.06. The number of likely N-dealkylation sites (tertiary alicyclic amines) is 1. The zero-order valence-electron chi connectivity index (χ0n) is 15.7. The molecule has 0 atom stereocenters. The Morgan fingerprint density at radius 1 is 1.19 bits per heavy atom. The Hall–Kier alpha value is -1.46. The predicted molar refractivity (Wildman–Crippen MR) is 104 cm³/mol. The first kappa shape index (κ1) is 20.8. The Balaban J connectivity index is 1.87. The molecule has 2 rings (SSSR count). The van der Waals surface area contributed by atoms with Crippen molar-refractivity contribution in [3.63, 3.8) is 0 Å². The van der Waals surface area contributed by atoms with Gasteiger partial charge < -0.3 is 15.0 Å². The topological polar surface area (TPSA) is 58.6 Å². The van der Waals surface area contributed by atoms with Crippen LogP contribution in [0, 0.1) is 0 Å². The average molecular weight is 401 g/mol. The van der Waals surface area contributed by atoms with Crippen molar-refractivity contribution >= 4 is 35.2 Å². The highest BCUT2D eigenvalue weighted by atomic mass is 35.5. The molecule has 0 radical (unpaired) electrons. The van der Waals surface area contributed by atoms with Gasteiger partial charge in [0.25, 0.3) is 0 Å². The molecule has 1 aliphatic heterocycles. The fraction of sp³-hybridized carbons (Fsp3) is 0.579. The van der Waals surface area contributed by atoms with Crippen LogP contribution in [0.3, 0.4) is 0 Å². The largest absolute Gasteiger partial charge is 0.444 e. The molecule has 0 unspecified atom stereocenters. The molecular weight excluding hydrogens is 375 g/mol. The Morgan fingerprint density at radius 3 is 2.35 bits per heavy atom. The number of halogens is 2. The standard InChI is InChI=1S/C19H26Cl2N2O3/c1-18(2,3)26-17(25)23-9-7-19(4,8-10-23)22-16(24)12-13-5-6-14(20)15(21)11-13/h5-6,11H,7-10,12H2,1-4H3,(H,22,24). The van der Waals surface area contributed by atoms with E-state index in [1.807, 2.05) is 27.7 Å². The summed E-state index contributed by atoms with van der Waals surface area (Å²) in [6.07, 6.45) is 1.29. The number of amides is 2. The van der Waals surface area contributed by atoms with E-state index in [1.165, 1.54) is 0 Å². The maximum atomic E-state index is 12.4. The van der Waals surface area contributed by atoms with Crippen molar-refractivity contribution in [3.05, 3.63) is 33.8 Å². The van der Waals surface area contributed by atoms with Crippen LogP contribution in [-0.4, -0.2) is 41.1 Å². The Bertz CT molecular complexity index is 678. The Kier molecular flexibility index (Phi) is 6.46. The lowest BCUT2D eigenvalue weighted by molar-refractivity contribution is -0.122. The van der Waals surface area contributed by atoms with Crippen molar-refractivity contribution in [2.75, 3.05) is 13.1 Å². The maximum Gasteiger partial charge on any atom is 0.410 e. The van der Waals surface area contributed by atoms with E-state index >= 15 is 0 Å². The van der Waals surface area contributed by atoms with Crippen LogP contribution < -0.4 is 5.32 Å². The van der Waals surface area contributed by atoms with Gasteiger partial charge in [0.2, 0.25) is 5.91 Å². The van der Waals surface area contributed by atoms with Gasteiger partial charge in [0.15, 0.2) is 0 Å². The second kappa shape index (κ2) is 8.05. The lowest BCUT2D eigenvalue weighted by Crippen LogP contribution is -2.55. The summed E-state index contributed by atoms with van der Waals surface area (Å²) in [7, 11) is 0. The van der Waals surface area contributed by atoms with Gasteiger partial charge in [-0.25, -0.2) is 4.79 Å². The van der Waals surface area contributed by atoms with Gasteiger partial charge in [-0.1, -0.05) is 29.3 Å². The molecule has 144 valence electrons. The van der Waals surface area contributed by atoms with E-state index in [0.717, 1.165) is 5.56 Å². The van der Waals surface area contributed by atoms with Gasteiger partial charge in [0.05, 0.1) is 16.5 Å². The monoisotopic (exact) mass is 400 g/mol. The third-order valence-electron chi connectivity index (χ3n) is 4.31. The number of benzene rings is 1. The summed E-state index contributed by atoms with van der Waals surface area (Å²) in [5.74, 6) is -0.0726. The normalized spacial score (nSPS) is 16.9. The van der Waals surface area contributed by atoms with Crippen molar-refractivity contribution in [2.45, 2.75) is 58.1 Å². The van der Waals surface area contributed by atoms with E-state index < -0.39 is 5.60 Å². The van der Waals surface area contributed by atoms with E-state index in [0.29, 0.717) is 36.0 Å². The Labute approximate surface area is 165 Å². The molecule has 1 heterocycles. The van der Waals surface area contributed by atoms with Gasteiger partial charge in [0.1, 0.15) is 5.60 Å². The quantitative estimate of drug-likeness (QED) is 0.815. The molecule has 1 aromatic carbocycles. The van der Waals surface area contributed by atoms with Gasteiger partial charge in [0, 0.05) is 18.6 Å². The SMILES string of the molecule is CC1(NC(=O)Cc2ccc(Cl)c(Cl)c2)CCN(C(=O)OC(C)(C)C)CC1. The molecule has 0 saturated carbocycles. The summed E-state index contributed by atoms with van der Waals surface area (Å²) in [6, 6.07) is 5.19. The lowest BCUT2D eigenvalue weighted by Gasteiger charge is -2.40. The number of carbonyl (C=O) groups is 2. The van der Waals surface area contributed by atoms with E-state index in [9.17, 15) is 9.59 Å². The van der Waals surface area contributed by atoms with Gasteiger partial charge in [-0.2, -0.15) is 0 Å². The molecule has 5 nitrogen and oxygen atoms in total. The summed E-state index contributed by atoms with van der Waals surface area (Å²) < 4.78 is 5.40. The summed E-state index contributed by atoms with van der Waals surface area (Å²) in [5, 5.41) is 4.00. The number of nitrogens with zero attached hydrogens (tertiary/aromatic N) is 1. The Morgan fingerprint density at radius 2 is 1.81 bits per heavy atom. The third-order valence-corrected chi connectivity index (χ3v) is 5.05. The van der Waals surface area contributed by atoms with Crippen LogP contribution in [0.2, 0.25) is 10.0 Å². The second-order valence-corrected chi connectivity index (χ2v) is 8.82. The van der Waals surface area contributed by atoms with E-state index in [1.54, 1.807) is 23.1 Å². The predicted octanol–water partition coefficient (Wildman–Crippen LogP) is 4.44. The first-order chi connectivity index (χ1) is 12.0. The molecule has 1 aliphatic rings. The fourth-order valence-corrected chi connectivity index (χ4v) is 3.17. The minimum atomic E-state index is -0.508. The van der Waals surface area contributed by atoms with Crippen molar-refractivity contribution in [3.8, 4) is 0 Å². The molecule has 1 saturated heterocycles. The first-order valence-electron chi connectivity index (χ1n) is 8.70. The average Bonchev–Trinajstić information content (AvgIpc) is 2.49. The van der Waals surface area contributed by atoms with Crippen molar-refractivity contribution < 1.29 is 14.3 Å². The second-order valence-electron chi connectivity index (χ2n) is 8.00. The molecule has 1 N–H and O–H groups in total. The molecular formula is C19H26Cl2N2O3. The summed E-state index contributed by atoms with van der Waals surface area (Å²) in [4.78, 5) is 26.2. The smallest absolute Gasteiger partial charge is 0.410 e. The molecule has 7 heteroatoms. The van der Waals surface area contributed by atoms with Crippen LogP contribution in [0.1, 0.15) is 46.1 Å². The summed E-state index contributed by atoms with van der Waals surface area (Å²) in [5.41, 5.74) is -0.0377. The van der Waals surface area contributed by atoms with Gasteiger partial charge in [-0.3, -0.25) is 4.79 Å². The number of carbonyl (C=O) groups excluding carboxylic acids is 2. The molecule has 0 aliphatic carbocycles. The number of hydrogen-bond acceptors (Lipinski definition) is 3. The van der Waals surface area contributed by atoms with Crippen molar-refractivity contribution in [2.24, 2.45) is 0 Å². The first-order valence-corrected chi connectivity index (χ1v) is 9.46. The molecule has 1 aromatic rings. The van der Waals surface area contributed by atoms with Crippen molar-refractivity contribution in [1.29, 1.82) is 0 Å². The fourth-order valence-electron chi connectivity index (χ4n) is 2.85. The van der Waals surface area contributed by atoms with Crippen LogP contribution >= 0.6 is 23.2 Å². The minimum Gasteiger partial charge on any atom is -0.444 e. The molecule has 0 spiro atoms. The number of ether oxygens (including phenoxy) is 1. The zero-order valence-corrected chi connectivity index (χ0v) is 17.2. The van der Waals surface area contributed by atoms with Gasteiger partial charge in [-0.05, 0) is 58.2 Å². The molecule has 26 heavy (non-hydrogen) atoms. The molecule has 1 fully saturated rings. The minimum absolute atomic E-state index is 0.0726. The lowest BCUT2D eigenvalue weighted by atomic mass is 9.89. The summed E-state index contributed by atoms with van der Waals surface area (Å²) in [6.45, 7) is 8.66. The number of nitrogens with one attached hydrogen (secondary N) is 1. The van der Waals surface area contributed by atoms with E-state index in [-0.39, 0.29) is 24.0 Å². The maximum absolute atomic E-state index is 12.4. The van der Waals surface area contributed by atoms with Crippen LogP contribution in [0.25, 0.3) is 0 Å². The molecule has 0 bridgehead atoms. The highest BCUT2D eigenvalue weighted by Crippen LogP contribution is 2.25.